The lowest BCUT2D eigenvalue weighted by Gasteiger charge is -2.15. The summed E-state index contributed by atoms with van der Waals surface area (Å²) in [6.45, 7) is 2.18. The van der Waals surface area contributed by atoms with Crippen molar-refractivity contribution < 1.29 is 27.7 Å². The van der Waals surface area contributed by atoms with E-state index in [9.17, 15) is 13.5 Å². The summed E-state index contributed by atoms with van der Waals surface area (Å²) in [7, 11) is -0.744. The second-order valence-electron chi connectivity index (χ2n) is 5.39. The van der Waals surface area contributed by atoms with Crippen LogP contribution in [-0.4, -0.2) is 40.9 Å². The van der Waals surface area contributed by atoms with Gasteiger partial charge in [0.1, 0.15) is 5.75 Å². The van der Waals surface area contributed by atoms with E-state index in [0.717, 1.165) is 0 Å². The first-order chi connectivity index (χ1) is 12.4. The summed E-state index contributed by atoms with van der Waals surface area (Å²) >= 11 is 0. The zero-order valence-electron chi connectivity index (χ0n) is 14.9. The third kappa shape index (κ3) is 4.87. The number of sulfonamides is 1. The van der Waals surface area contributed by atoms with E-state index in [1.54, 1.807) is 30.3 Å². The molecule has 0 saturated heterocycles. The molecule has 2 N–H and O–H groups in total. The number of hydrogen-bond donors (Lipinski definition) is 2. The van der Waals surface area contributed by atoms with Gasteiger partial charge in [-0.15, -0.1) is 0 Å². The summed E-state index contributed by atoms with van der Waals surface area (Å²) < 4.78 is 42.7. The fourth-order valence-electron chi connectivity index (χ4n) is 2.33. The van der Waals surface area contributed by atoms with Gasteiger partial charge in [0.05, 0.1) is 31.8 Å². The maximum absolute atomic E-state index is 12.4. The molecule has 0 aliphatic heterocycles. The fraction of sp³-hybridized carbons (Fsp3) is 0.333. The lowest BCUT2D eigenvalue weighted by Crippen LogP contribution is -2.28. The molecule has 0 saturated carbocycles. The molecule has 1 unspecified atom stereocenters. The van der Waals surface area contributed by atoms with Crippen LogP contribution in [0.15, 0.2) is 47.4 Å². The Morgan fingerprint density at radius 3 is 2.27 bits per heavy atom. The summed E-state index contributed by atoms with van der Waals surface area (Å²) in [5.41, 5.74) is 0.511. The van der Waals surface area contributed by atoms with E-state index in [4.69, 9.17) is 14.2 Å². The highest BCUT2D eigenvalue weighted by Gasteiger charge is 2.18. The first kappa shape index (κ1) is 20.0. The Labute approximate surface area is 153 Å². The van der Waals surface area contributed by atoms with Crippen molar-refractivity contribution in [3.8, 4) is 17.2 Å². The summed E-state index contributed by atoms with van der Waals surface area (Å²) in [6.07, 6.45) is -1.03. The average molecular weight is 381 g/mol. The van der Waals surface area contributed by atoms with Crippen molar-refractivity contribution in [1.29, 1.82) is 0 Å². The topological polar surface area (TPSA) is 94.1 Å². The Morgan fingerprint density at radius 2 is 1.69 bits per heavy atom. The molecule has 0 aromatic heterocycles. The highest BCUT2D eigenvalue weighted by molar-refractivity contribution is 7.89. The van der Waals surface area contributed by atoms with Gasteiger partial charge in [-0.05, 0) is 48.9 Å². The van der Waals surface area contributed by atoms with Gasteiger partial charge in [-0.3, -0.25) is 0 Å². The van der Waals surface area contributed by atoms with Gasteiger partial charge in [-0.2, -0.15) is 0 Å². The Morgan fingerprint density at radius 1 is 1.04 bits per heavy atom. The molecule has 0 heterocycles. The van der Waals surface area contributed by atoms with Crippen LogP contribution in [0.2, 0.25) is 0 Å². The van der Waals surface area contributed by atoms with Crippen LogP contribution in [-0.2, 0) is 10.0 Å². The molecule has 1 atom stereocenters. The van der Waals surface area contributed by atoms with Crippen molar-refractivity contribution in [3.05, 3.63) is 48.0 Å². The minimum Gasteiger partial charge on any atom is -0.494 e. The van der Waals surface area contributed by atoms with Crippen LogP contribution < -0.4 is 18.9 Å². The zero-order chi connectivity index (χ0) is 19.2. The Bertz CT molecular complexity index is 820. The third-order valence-corrected chi connectivity index (χ3v) is 5.14. The van der Waals surface area contributed by atoms with Gasteiger partial charge >= 0.3 is 0 Å². The smallest absolute Gasteiger partial charge is 0.240 e. The normalized spacial score (nSPS) is 12.5. The van der Waals surface area contributed by atoms with E-state index < -0.39 is 16.1 Å². The predicted molar refractivity (Wildman–Crippen MR) is 97.3 cm³/mol. The second-order valence-corrected chi connectivity index (χ2v) is 7.15. The monoisotopic (exact) mass is 381 g/mol. The van der Waals surface area contributed by atoms with Crippen LogP contribution >= 0.6 is 0 Å². The molecular formula is C18H23NO6S. The summed E-state index contributed by atoms with van der Waals surface area (Å²) in [5.74, 6) is 1.58. The summed E-state index contributed by atoms with van der Waals surface area (Å²) in [6, 6.07) is 11.0. The Hall–Kier alpha value is -2.29. The van der Waals surface area contributed by atoms with Crippen LogP contribution in [0.4, 0.5) is 0 Å². The predicted octanol–water partition coefficient (Wildman–Crippen LogP) is 2.11. The molecule has 142 valence electrons. The van der Waals surface area contributed by atoms with Crippen molar-refractivity contribution >= 4 is 10.0 Å². The molecule has 26 heavy (non-hydrogen) atoms. The van der Waals surface area contributed by atoms with Gasteiger partial charge in [-0.25, -0.2) is 13.1 Å². The summed E-state index contributed by atoms with van der Waals surface area (Å²) in [5, 5.41) is 10.3. The van der Waals surface area contributed by atoms with Crippen LogP contribution in [0.5, 0.6) is 17.2 Å². The molecule has 2 aromatic carbocycles. The number of nitrogens with one attached hydrogen (secondary N) is 1. The molecule has 0 fully saturated rings. The molecule has 0 radical (unpaired) electrons. The van der Waals surface area contributed by atoms with E-state index in [0.29, 0.717) is 29.4 Å². The summed E-state index contributed by atoms with van der Waals surface area (Å²) in [4.78, 5) is 0.0977. The van der Waals surface area contributed by atoms with Crippen LogP contribution in [0.3, 0.4) is 0 Å². The lowest BCUT2D eigenvalue weighted by molar-refractivity contribution is 0.181. The van der Waals surface area contributed by atoms with Gasteiger partial charge in [0.25, 0.3) is 0 Å². The van der Waals surface area contributed by atoms with Crippen molar-refractivity contribution in [2.75, 3.05) is 27.4 Å². The lowest BCUT2D eigenvalue weighted by atomic mass is 10.1. The van der Waals surface area contributed by atoms with E-state index in [2.05, 4.69) is 4.72 Å². The number of methoxy groups -OCH3 is 2. The molecule has 0 bridgehead atoms. The van der Waals surface area contributed by atoms with E-state index in [-0.39, 0.29) is 11.4 Å². The third-order valence-electron chi connectivity index (χ3n) is 3.70. The second kappa shape index (κ2) is 8.88. The van der Waals surface area contributed by atoms with E-state index >= 15 is 0 Å². The van der Waals surface area contributed by atoms with Crippen molar-refractivity contribution in [2.24, 2.45) is 0 Å². The van der Waals surface area contributed by atoms with Crippen LogP contribution in [0, 0.1) is 0 Å². The zero-order valence-corrected chi connectivity index (χ0v) is 15.7. The number of benzene rings is 2. The first-order valence-corrected chi connectivity index (χ1v) is 9.52. The van der Waals surface area contributed by atoms with Crippen molar-refractivity contribution in [1.82, 2.24) is 4.72 Å². The maximum atomic E-state index is 12.4. The molecule has 2 aromatic rings. The molecule has 0 spiro atoms. The number of ether oxygens (including phenoxy) is 3. The Kier molecular flexibility index (Phi) is 6.84. The molecule has 0 amide bonds. The molecule has 8 heteroatoms. The minimum atomic E-state index is -3.75. The first-order valence-electron chi connectivity index (χ1n) is 8.03. The molecule has 0 aliphatic rings. The highest BCUT2D eigenvalue weighted by atomic mass is 32.2. The van der Waals surface area contributed by atoms with Gasteiger partial charge < -0.3 is 19.3 Å². The number of rotatable bonds is 9. The van der Waals surface area contributed by atoms with Gasteiger partial charge in [0.2, 0.25) is 10.0 Å². The minimum absolute atomic E-state index is 0.0977. The van der Waals surface area contributed by atoms with Crippen LogP contribution in [0.25, 0.3) is 0 Å². The number of aliphatic hydroxyl groups excluding tert-OH is 1. The standard InChI is InChI=1S/C18H23NO6S/c1-4-25-14-6-8-15(9-7-14)26(21,22)19-12-16(20)13-5-10-17(23-2)18(11-13)24-3/h5-11,16,19-20H,4,12H2,1-3H3. The van der Waals surface area contributed by atoms with E-state index in [1.165, 1.54) is 26.4 Å². The van der Waals surface area contributed by atoms with Crippen molar-refractivity contribution in [2.45, 2.75) is 17.9 Å². The van der Waals surface area contributed by atoms with E-state index in [1.807, 2.05) is 6.92 Å². The number of hydrogen-bond acceptors (Lipinski definition) is 6. The largest absolute Gasteiger partial charge is 0.494 e. The molecule has 7 nitrogen and oxygen atoms in total. The van der Waals surface area contributed by atoms with Gasteiger partial charge in [-0.1, -0.05) is 6.07 Å². The van der Waals surface area contributed by atoms with Gasteiger partial charge in [0.15, 0.2) is 11.5 Å². The highest BCUT2D eigenvalue weighted by Crippen LogP contribution is 2.30. The maximum Gasteiger partial charge on any atom is 0.240 e. The van der Waals surface area contributed by atoms with Crippen molar-refractivity contribution in [3.63, 3.8) is 0 Å². The Balaban J connectivity index is 2.06. The molecule has 2 rings (SSSR count). The average Bonchev–Trinajstić information content (AvgIpc) is 2.66. The van der Waals surface area contributed by atoms with Gasteiger partial charge in [0, 0.05) is 6.54 Å². The molecular weight excluding hydrogens is 358 g/mol. The number of aliphatic hydroxyl groups is 1. The SMILES string of the molecule is CCOc1ccc(S(=O)(=O)NCC(O)c2ccc(OC)c(OC)c2)cc1. The quantitative estimate of drug-likeness (QED) is 0.691. The molecule has 0 aliphatic carbocycles. The fourth-order valence-corrected chi connectivity index (χ4v) is 3.37. The van der Waals surface area contributed by atoms with Crippen LogP contribution in [0.1, 0.15) is 18.6 Å².